The smallest absolute Gasteiger partial charge is 0.0782 e. The van der Waals surface area contributed by atoms with E-state index in [1.165, 1.54) is 98.0 Å². The molecule has 5 heterocycles. The molecule has 0 atom stereocenters. The first-order valence-electron chi connectivity index (χ1n) is 24.4. The van der Waals surface area contributed by atoms with Crippen molar-refractivity contribution in [2.24, 2.45) is 0 Å². The van der Waals surface area contributed by atoms with E-state index in [1.54, 1.807) is 0 Å². The molecular weight excluding hydrogens is 863 g/mol. The van der Waals surface area contributed by atoms with Gasteiger partial charge in [-0.25, -0.2) is 0 Å². The van der Waals surface area contributed by atoms with Gasteiger partial charge >= 0.3 is 0 Å². The van der Waals surface area contributed by atoms with E-state index in [4.69, 9.17) is 0 Å². The van der Waals surface area contributed by atoms with Gasteiger partial charge in [-0.3, -0.25) is 0 Å². The minimum Gasteiger partial charge on any atom is -0.309 e. The second-order valence-electron chi connectivity index (χ2n) is 18.9. The van der Waals surface area contributed by atoms with Crippen LogP contribution in [0.2, 0.25) is 0 Å². The van der Waals surface area contributed by atoms with Gasteiger partial charge in [-0.15, -0.1) is 0 Å². The summed E-state index contributed by atoms with van der Waals surface area (Å²) in [4.78, 5) is 0. The van der Waals surface area contributed by atoms with E-state index in [2.05, 4.69) is 272 Å². The first kappa shape index (κ1) is 38.4. The number of nitrogens with zero attached hydrogens (tertiary/aromatic N) is 5. The number of fused-ring (bicyclic) bond motifs is 15. The Morgan fingerprint density at radius 3 is 0.845 bits per heavy atom. The maximum absolute atomic E-state index is 2.50. The van der Waals surface area contributed by atoms with Crippen molar-refractivity contribution >= 4 is 109 Å². The van der Waals surface area contributed by atoms with Gasteiger partial charge in [0, 0.05) is 70.9 Å². The van der Waals surface area contributed by atoms with Crippen LogP contribution >= 0.6 is 0 Å². The fourth-order valence-electron chi connectivity index (χ4n) is 12.4. The van der Waals surface area contributed by atoms with Gasteiger partial charge in [-0.1, -0.05) is 152 Å². The van der Waals surface area contributed by atoms with Crippen molar-refractivity contribution in [1.29, 1.82) is 0 Å². The van der Waals surface area contributed by atoms with Crippen molar-refractivity contribution in [2.75, 3.05) is 0 Å². The molecule has 0 aliphatic carbocycles. The molecule has 71 heavy (non-hydrogen) atoms. The second kappa shape index (κ2) is 14.5. The van der Waals surface area contributed by atoms with Gasteiger partial charge < -0.3 is 22.8 Å². The average Bonchev–Trinajstić information content (AvgIpc) is 4.23. The summed E-state index contributed by atoms with van der Waals surface area (Å²) >= 11 is 0. The summed E-state index contributed by atoms with van der Waals surface area (Å²) in [5, 5.41) is 12.3. The third kappa shape index (κ3) is 5.24. The van der Waals surface area contributed by atoms with E-state index in [-0.39, 0.29) is 0 Å². The summed E-state index contributed by atoms with van der Waals surface area (Å²) in [6.45, 7) is 0. The van der Waals surface area contributed by atoms with E-state index in [9.17, 15) is 0 Å². The largest absolute Gasteiger partial charge is 0.309 e. The van der Waals surface area contributed by atoms with Crippen LogP contribution in [0, 0.1) is 0 Å². The van der Waals surface area contributed by atoms with Crippen molar-refractivity contribution in [3.63, 3.8) is 0 Å². The molecule has 0 aliphatic heterocycles. The lowest BCUT2D eigenvalue weighted by Gasteiger charge is -2.15. The Bertz CT molecular complexity index is 4480. The van der Waals surface area contributed by atoms with E-state index in [0.29, 0.717) is 0 Å². The zero-order valence-corrected chi connectivity index (χ0v) is 38.4. The quantitative estimate of drug-likeness (QED) is 0.164. The lowest BCUT2D eigenvalue weighted by molar-refractivity contribution is 1.13. The molecule has 0 fully saturated rings. The van der Waals surface area contributed by atoms with Crippen molar-refractivity contribution in [2.45, 2.75) is 0 Å². The van der Waals surface area contributed by atoms with Crippen LogP contribution in [0.15, 0.2) is 249 Å². The molecule has 0 radical (unpaired) electrons. The molecule has 11 aromatic carbocycles. The third-order valence-electron chi connectivity index (χ3n) is 15.3. The summed E-state index contributed by atoms with van der Waals surface area (Å²) in [6, 6.07) is 91.6. The van der Waals surface area contributed by atoms with Gasteiger partial charge in [-0.05, 0) is 97.1 Å². The van der Waals surface area contributed by atoms with Crippen LogP contribution in [0.4, 0.5) is 0 Å². The predicted molar refractivity (Wildman–Crippen MR) is 298 cm³/mol. The van der Waals surface area contributed by atoms with Crippen LogP contribution in [0.1, 0.15) is 0 Å². The SMILES string of the molecule is c1ccc(-n2c3ccc(-n4c5ccccc5c5cccc(-n6c7ccccc7c7ccccc76)c54)cc3c3cc(-n4c5ccccc5c5cccc(-n6c7ccccc7c7ccccc76)c54)ccc32)cc1. The molecule has 16 aromatic rings. The number of hydrogen-bond donors (Lipinski definition) is 0. The molecule has 0 bridgehead atoms. The molecule has 5 aromatic heterocycles. The fourth-order valence-corrected chi connectivity index (χ4v) is 12.4. The molecule has 0 aliphatic rings. The Labute approximate surface area is 407 Å². The highest BCUT2D eigenvalue weighted by atomic mass is 15.1. The molecule has 330 valence electrons. The molecule has 0 saturated carbocycles. The highest BCUT2D eigenvalue weighted by molar-refractivity contribution is 6.18. The molecule has 0 amide bonds. The van der Waals surface area contributed by atoms with Crippen molar-refractivity contribution in [3.05, 3.63) is 249 Å². The Morgan fingerprint density at radius 2 is 0.465 bits per heavy atom. The van der Waals surface area contributed by atoms with Crippen LogP contribution < -0.4 is 0 Å². The number of aromatic nitrogens is 5. The van der Waals surface area contributed by atoms with Crippen LogP contribution in [-0.2, 0) is 0 Å². The number of benzene rings is 11. The van der Waals surface area contributed by atoms with E-state index < -0.39 is 0 Å². The molecular formula is C66H41N5. The van der Waals surface area contributed by atoms with Crippen LogP contribution in [0.3, 0.4) is 0 Å². The molecule has 0 saturated heterocycles. The minimum atomic E-state index is 1.11. The maximum atomic E-state index is 2.50. The van der Waals surface area contributed by atoms with Crippen LogP contribution in [0.5, 0.6) is 0 Å². The number of para-hydroxylation sites is 9. The average molecular weight is 904 g/mol. The Hall–Kier alpha value is -9.58. The molecule has 5 nitrogen and oxygen atoms in total. The lowest BCUT2D eigenvalue weighted by atomic mass is 10.1. The third-order valence-corrected chi connectivity index (χ3v) is 15.3. The highest BCUT2D eigenvalue weighted by Gasteiger charge is 2.24. The minimum absolute atomic E-state index is 1.11. The molecule has 0 unspecified atom stereocenters. The lowest BCUT2D eigenvalue weighted by Crippen LogP contribution is -2.00. The number of rotatable bonds is 5. The Morgan fingerprint density at radius 1 is 0.169 bits per heavy atom. The van der Waals surface area contributed by atoms with E-state index >= 15 is 0 Å². The first-order valence-corrected chi connectivity index (χ1v) is 24.4. The van der Waals surface area contributed by atoms with E-state index in [1.807, 2.05) is 0 Å². The van der Waals surface area contributed by atoms with Gasteiger partial charge in [0.05, 0.1) is 66.5 Å². The highest BCUT2D eigenvalue weighted by Crippen LogP contribution is 2.44. The van der Waals surface area contributed by atoms with Gasteiger partial charge in [-0.2, -0.15) is 0 Å². The van der Waals surface area contributed by atoms with Gasteiger partial charge in [0.1, 0.15) is 0 Å². The van der Waals surface area contributed by atoms with Crippen molar-refractivity contribution in [3.8, 4) is 28.4 Å². The Balaban J connectivity index is 0.999. The fraction of sp³-hybridized carbons (Fsp3) is 0. The summed E-state index contributed by atoms with van der Waals surface area (Å²) in [5.41, 5.74) is 17.4. The summed E-state index contributed by atoms with van der Waals surface area (Å²) in [6.07, 6.45) is 0. The van der Waals surface area contributed by atoms with Crippen LogP contribution in [0.25, 0.3) is 137 Å². The normalized spacial score (nSPS) is 12.2. The summed E-state index contributed by atoms with van der Waals surface area (Å²) in [7, 11) is 0. The number of hydrogen-bond acceptors (Lipinski definition) is 0. The predicted octanol–water partition coefficient (Wildman–Crippen LogP) is 17.2. The van der Waals surface area contributed by atoms with Gasteiger partial charge in [0.2, 0.25) is 0 Å². The van der Waals surface area contributed by atoms with Crippen LogP contribution in [-0.4, -0.2) is 22.8 Å². The molecule has 5 heteroatoms. The van der Waals surface area contributed by atoms with Crippen molar-refractivity contribution < 1.29 is 0 Å². The van der Waals surface area contributed by atoms with Gasteiger partial charge in [0.15, 0.2) is 0 Å². The zero-order chi connectivity index (χ0) is 46.3. The maximum Gasteiger partial charge on any atom is 0.0782 e. The summed E-state index contributed by atoms with van der Waals surface area (Å²) in [5.74, 6) is 0. The van der Waals surface area contributed by atoms with Gasteiger partial charge in [0.25, 0.3) is 0 Å². The van der Waals surface area contributed by atoms with Crippen molar-refractivity contribution in [1.82, 2.24) is 22.8 Å². The molecule has 0 spiro atoms. The molecule has 16 rings (SSSR count). The first-order chi connectivity index (χ1) is 35.3. The Kier molecular flexibility index (Phi) is 7.82. The standard InChI is InChI=1S/C66H41N5/c1-2-18-42(19-3-1)67-61-38-36-43(68-55-28-10-8-24-49(55)51-26-16-34-63(65(51)68)70-57-30-12-4-20-45(57)46-21-5-13-31-58(46)70)40-53(61)54-41-44(37-39-62(54)67)69-56-29-11-9-25-50(56)52-27-17-35-64(66(52)69)71-59-32-14-6-22-47(59)48-23-7-15-33-60(48)71/h1-41H. The van der Waals surface area contributed by atoms with E-state index in [0.717, 1.165) is 39.5 Å². The molecule has 0 N–H and O–H groups in total. The summed E-state index contributed by atoms with van der Waals surface area (Å²) < 4.78 is 12.4. The second-order valence-corrected chi connectivity index (χ2v) is 18.9. The topological polar surface area (TPSA) is 24.6 Å². The monoisotopic (exact) mass is 903 g/mol. The zero-order valence-electron chi connectivity index (χ0n) is 38.4.